The van der Waals surface area contributed by atoms with Crippen molar-refractivity contribution in [1.29, 1.82) is 0 Å². The molecule has 0 saturated carbocycles. The van der Waals surface area contributed by atoms with Gasteiger partial charge in [-0.3, -0.25) is 0 Å². The van der Waals surface area contributed by atoms with Crippen LogP contribution in [0, 0.1) is 5.82 Å². The van der Waals surface area contributed by atoms with E-state index in [-0.39, 0.29) is 5.82 Å². The Bertz CT molecular complexity index is 1410. The summed E-state index contributed by atoms with van der Waals surface area (Å²) in [5.74, 6) is 1.12. The van der Waals surface area contributed by atoms with Gasteiger partial charge in [-0.05, 0) is 74.5 Å². The third-order valence-corrected chi connectivity index (χ3v) is 6.90. The molecule has 2 aliphatic heterocycles. The molecule has 0 spiro atoms. The van der Waals surface area contributed by atoms with E-state index in [4.69, 9.17) is 19.8 Å². The van der Waals surface area contributed by atoms with Gasteiger partial charge in [0.15, 0.2) is 11.5 Å². The smallest absolute Gasteiger partial charge is 0.323 e. The molecule has 4 aromatic rings. The van der Waals surface area contributed by atoms with Gasteiger partial charge in [-0.25, -0.2) is 23.8 Å². The summed E-state index contributed by atoms with van der Waals surface area (Å²) in [6.07, 6.45) is 3.89. The minimum Gasteiger partial charge on any atom is -0.378 e. The zero-order chi connectivity index (χ0) is 25.9. The Morgan fingerprint density at radius 2 is 1.61 bits per heavy atom. The number of aromatic nitrogens is 4. The van der Waals surface area contributed by atoms with Crippen molar-refractivity contribution in [2.24, 2.45) is 0 Å². The lowest BCUT2D eigenvalue weighted by Gasteiger charge is -2.28. The molecule has 38 heavy (non-hydrogen) atoms. The highest BCUT2D eigenvalue weighted by molar-refractivity contribution is 5.99. The molecule has 2 aromatic carbocycles. The molecule has 0 bridgehead atoms. The predicted molar refractivity (Wildman–Crippen MR) is 144 cm³/mol. The molecule has 10 nitrogen and oxygen atoms in total. The summed E-state index contributed by atoms with van der Waals surface area (Å²) < 4.78 is 20.7. The molecule has 6 rings (SSSR count). The second kappa shape index (κ2) is 10.7. The van der Waals surface area contributed by atoms with Crippen LogP contribution < -0.4 is 20.9 Å². The van der Waals surface area contributed by atoms with Crippen molar-refractivity contribution in [2.75, 3.05) is 54.9 Å². The van der Waals surface area contributed by atoms with Gasteiger partial charge in [0.25, 0.3) is 0 Å². The maximum atomic E-state index is 13.1. The topological polar surface area (TPSA) is 109 Å². The van der Waals surface area contributed by atoms with E-state index in [0.29, 0.717) is 36.5 Å². The van der Waals surface area contributed by atoms with Gasteiger partial charge in [-0.1, -0.05) is 0 Å². The number of ether oxygens (including phenoxy) is 1. The Labute approximate surface area is 219 Å². The number of hydrogen-bond donors (Lipinski definition) is 3. The number of nitrogens with zero attached hydrogens (tertiary/aromatic N) is 5. The average molecular weight is 517 g/mol. The van der Waals surface area contributed by atoms with Crippen LogP contribution in [0.4, 0.5) is 26.4 Å². The fourth-order valence-electron chi connectivity index (χ4n) is 4.90. The SMILES string of the molecule is O=C(Nc1ccc(F)cc1)Nc1ccc(-c2nc(N3CCOCC3)c3cnn(C4CCNCC4)c3n2)cc1. The number of piperidine rings is 1. The van der Waals surface area contributed by atoms with Gasteiger partial charge in [0.2, 0.25) is 0 Å². The monoisotopic (exact) mass is 516 g/mol. The number of carbonyl (C=O) groups is 1. The predicted octanol–water partition coefficient (Wildman–Crippen LogP) is 4.04. The summed E-state index contributed by atoms with van der Waals surface area (Å²) in [7, 11) is 0. The highest BCUT2D eigenvalue weighted by Crippen LogP contribution is 2.31. The van der Waals surface area contributed by atoms with Gasteiger partial charge < -0.3 is 25.6 Å². The molecule has 4 heterocycles. The summed E-state index contributed by atoms with van der Waals surface area (Å²) in [4.78, 5) is 24.6. The first-order chi connectivity index (χ1) is 18.6. The van der Waals surface area contributed by atoms with Crippen molar-refractivity contribution in [2.45, 2.75) is 18.9 Å². The van der Waals surface area contributed by atoms with Crippen molar-refractivity contribution in [3.05, 3.63) is 60.5 Å². The van der Waals surface area contributed by atoms with Crippen LogP contribution in [0.25, 0.3) is 22.4 Å². The van der Waals surface area contributed by atoms with Crippen molar-refractivity contribution in [3.8, 4) is 11.4 Å². The second-order valence-corrected chi connectivity index (χ2v) is 9.44. The summed E-state index contributed by atoms with van der Waals surface area (Å²) in [5.41, 5.74) is 2.79. The third kappa shape index (κ3) is 5.15. The number of halogens is 1. The summed E-state index contributed by atoms with van der Waals surface area (Å²) in [6.45, 7) is 4.76. The number of amides is 2. The quantitative estimate of drug-likeness (QED) is 0.367. The number of morpholine rings is 1. The molecule has 0 aliphatic carbocycles. The first-order valence-electron chi connectivity index (χ1n) is 12.9. The molecule has 2 aromatic heterocycles. The van der Waals surface area contributed by atoms with Gasteiger partial charge in [0.1, 0.15) is 11.6 Å². The minimum absolute atomic E-state index is 0.292. The summed E-state index contributed by atoms with van der Waals surface area (Å²) in [6, 6.07) is 12.9. The molecule has 2 amide bonds. The number of anilines is 3. The lowest BCUT2D eigenvalue weighted by molar-refractivity contribution is 0.122. The largest absolute Gasteiger partial charge is 0.378 e. The van der Waals surface area contributed by atoms with E-state index in [9.17, 15) is 9.18 Å². The van der Waals surface area contributed by atoms with Gasteiger partial charge >= 0.3 is 6.03 Å². The fraction of sp³-hybridized carbons (Fsp3) is 0.333. The van der Waals surface area contributed by atoms with E-state index in [0.717, 1.165) is 61.4 Å². The van der Waals surface area contributed by atoms with Gasteiger partial charge in [-0.2, -0.15) is 5.10 Å². The van der Waals surface area contributed by atoms with E-state index in [1.54, 1.807) is 0 Å². The van der Waals surface area contributed by atoms with Crippen LogP contribution in [0.1, 0.15) is 18.9 Å². The van der Waals surface area contributed by atoms with Crippen LogP contribution in [-0.2, 0) is 4.74 Å². The maximum Gasteiger partial charge on any atom is 0.323 e. The van der Waals surface area contributed by atoms with Crippen LogP contribution in [-0.4, -0.2) is 65.2 Å². The van der Waals surface area contributed by atoms with E-state index >= 15 is 0 Å². The van der Waals surface area contributed by atoms with Gasteiger partial charge in [0, 0.05) is 30.0 Å². The number of fused-ring (bicyclic) bond motifs is 1. The summed E-state index contributed by atoms with van der Waals surface area (Å²) in [5, 5.41) is 14.6. The molecule has 0 unspecified atom stereocenters. The first-order valence-corrected chi connectivity index (χ1v) is 12.9. The van der Waals surface area contributed by atoms with Crippen LogP contribution in [0.3, 0.4) is 0 Å². The lowest BCUT2D eigenvalue weighted by Crippen LogP contribution is -2.37. The third-order valence-electron chi connectivity index (χ3n) is 6.90. The Kier molecular flexibility index (Phi) is 6.84. The molecule has 11 heteroatoms. The van der Waals surface area contributed by atoms with Gasteiger partial charge in [0.05, 0.1) is 30.8 Å². The lowest BCUT2D eigenvalue weighted by atomic mass is 10.1. The normalized spacial score (nSPS) is 16.5. The van der Waals surface area contributed by atoms with Crippen molar-refractivity contribution >= 4 is 34.3 Å². The number of nitrogens with one attached hydrogen (secondary N) is 3. The Balaban J connectivity index is 1.28. The molecular formula is C27H29FN8O2. The highest BCUT2D eigenvalue weighted by Gasteiger charge is 2.24. The molecule has 3 N–H and O–H groups in total. The zero-order valence-corrected chi connectivity index (χ0v) is 20.9. The van der Waals surface area contributed by atoms with Gasteiger partial charge in [-0.15, -0.1) is 0 Å². The molecule has 2 fully saturated rings. The minimum atomic E-state index is -0.414. The summed E-state index contributed by atoms with van der Waals surface area (Å²) >= 11 is 0. The Morgan fingerprint density at radius 3 is 2.29 bits per heavy atom. The first kappa shape index (κ1) is 24.3. The van der Waals surface area contributed by atoms with Crippen LogP contribution in [0.2, 0.25) is 0 Å². The fourth-order valence-corrected chi connectivity index (χ4v) is 4.90. The number of hydrogen-bond acceptors (Lipinski definition) is 7. The van der Waals surface area contributed by atoms with E-state index in [2.05, 4.69) is 25.5 Å². The molecule has 0 radical (unpaired) electrons. The molecular weight excluding hydrogens is 487 g/mol. The number of urea groups is 1. The number of carbonyl (C=O) groups excluding carboxylic acids is 1. The van der Waals surface area contributed by atoms with E-state index < -0.39 is 6.03 Å². The molecule has 0 atom stereocenters. The van der Waals surface area contributed by atoms with Crippen molar-refractivity contribution in [3.63, 3.8) is 0 Å². The maximum absolute atomic E-state index is 13.1. The number of benzene rings is 2. The van der Waals surface area contributed by atoms with E-state index in [1.165, 1.54) is 24.3 Å². The standard InChI is InChI=1S/C27H29FN8O2/c28-19-3-7-21(8-4-19)32-27(37)31-20-5-1-18(2-6-20)24-33-25(35-13-15-38-16-14-35)23-17-30-36(26(23)34-24)22-9-11-29-12-10-22/h1-8,17,22,29H,9-16H2,(H2,31,32,37). The molecule has 196 valence electrons. The van der Waals surface area contributed by atoms with Crippen LogP contribution >= 0.6 is 0 Å². The Morgan fingerprint density at radius 1 is 0.947 bits per heavy atom. The number of rotatable bonds is 5. The molecule has 2 aliphatic rings. The van der Waals surface area contributed by atoms with Crippen molar-refractivity contribution in [1.82, 2.24) is 25.1 Å². The average Bonchev–Trinajstić information content (AvgIpc) is 3.39. The Hall–Kier alpha value is -4.09. The molecule has 2 saturated heterocycles. The van der Waals surface area contributed by atoms with Crippen molar-refractivity contribution < 1.29 is 13.9 Å². The zero-order valence-electron chi connectivity index (χ0n) is 20.9. The second-order valence-electron chi connectivity index (χ2n) is 9.44. The van der Waals surface area contributed by atoms with E-state index in [1.807, 2.05) is 30.5 Å². The van der Waals surface area contributed by atoms with Crippen LogP contribution in [0.5, 0.6) is 0 Å². The van der Waals surface area contributed by atoms with Crippen LogP contribution in [0.15, 0.2) is 54.7 Å². The highest BCUT2D eigenvalue weighted by atomic mass is 19.1.